The van der Waals surface area contributed by atoms with Gasteiger partial charge >= 0.3 is 0 Å². The third-order valence-corrected chi connectivity index (χ3v) is 6.09. The average Bonchev–Trinajstić information content (AvgIpc) is 2.97. The topological polar surface area (TPSA) is 79.0 Å². The van der Waals surface area contributed by atoms with Crippen LogP contribution in [0.5, 0.6) is 5.75 Å². The number of likely N-dealkylation sites (N-methyl/N-ethyl adjacent to an activating group) is 2. The molecule has 0 aromatic heterocycles. The second-order valence-electron chi connectivity index (χ2n) is 6.66. The van der Waals surface area contributed by atoms with Crippen LogP contribution in [-0.4, -0.2) is 48.8 Å². The Morgan fingerprint density at radius 3 is 2.61 bits per heavy atom. The number of thioether (sulfide) groups is 1. The van der Waals surface area contributed by atoms with Gasteiger partial charge in [0.2, 0.25) is 5.91 Å². The molecular weight excluding hydrogens is 378 g/mol. The molecule has 0 radical (unpaired) electrons. The Balaban J connectivity index is 1.47. The summed E-state index contributed by atoms with van der Waals surface area (Å²) in [6.45, 7) is 0.241. The minimum absolute atomic E-state index is 0.134. The van der Waals surface area contributed by atoms with Crippen molar-refractivity contribution in [1.82, 2.24) is 10.2 Å². The molecule has 7 nitrogen and oxygen atoms in total. The molecule has 8 heteroatoms. The fourth-order valence-corrected chi connectivity index (χ4v) is 4.26. The number of carbonyl (C=O) groups is 3. The van der Waals surface area contributed by atoms with Gasteiger partial charge < -0.3 is 15.0 Å². The van der Waals surface area contributed by atoms with E-state index in [4.69, 9.17) is 4.74 Å². The predicted molar refractivity (Wildman–Crippen MR) is 107 cm³/mol. The van der Waals surface area contributed by atoms with E-state index in [2.05, 4.69) is 5.32 Å². The highest BCUT2D eigenvalue weighted by Crippen LogP contribution is 2.39. The lowest BCUT2D eigenvalue weighted by Gasteiger charge is -2.35. The summed E-state index contributed by atoms with van der Waals surface area (Å²) >= 11 is 0.999. The van der Waals surface area contributed by atoms with Crippen molar-refractivity contribution in [3.05, 3.63) is 59.7 Å². The number of para-hydroxylation sites is 1. The van der Waals surface area contributed by atoms with Crippen LogP contribution in [0.4, 0.5) is 10.5 Å². The first-order valence-corrected chi connectivity index (χ1v) is 9.67. The summed E-state index contributed by atoms with van der Waals surface area (Å²) < 4.78 is 5.89. The molecule has 1 N–H and O–H groups in total. The summed E-state index contributed by atoms with van der Waals surface area (Å²) in [4.78, 5) is 39.4. The number of nitrogens with one attached hydrogen (secondary N) is 1. The number of ether oxygens (including phenoxy) is 1. The van der Waals surface area contributed by atoms with Crippen LogP contribution in [0, 0.1) is 0 Å². The van der Waals surface area contributed by atoms with Gasteiger partial charge in [0.05, 0.1) is 11.3 Å². The molecule has 2 aromatic rings. The van der Waals surface area contributed by atoms with Crippen LogP contribution in [0.3, 0.4) is 0 Å². The average molecular weight is 397 g/mol. The smallest absolute Gasteiger partial charge is 0.289 e. The number of amides is 3. The number of rotatable bonds is 4. The number of anilines is 1. The highest BCUT2D eigenvalue weighted by molar-refractivity contribution is 8.14. The largest absolute Gasteiger partial charge is 0.489 e. The minimum atomic E-state index is -0.551. The third kappa shape index (κ3) is 3.20. The monoisotopic (exact) mass is 397 g/mol. The van der Waals surface area contributed by atoms with Gasteiger partial charge in [-0.3, -0.25) is 19.3 Å². The SMILES string of the molecule is CN1C(=O)SC(c2cccc(OCC3NC(=O)c4ccccc4N3C)c2)C1=O. The number of carbonyl (C=O) groups excluding carboxylic acids is 3. The fraction of sp³-hybridized carbons (Fsp3) is 0.250. The van der Waals surface area contributed by atoms with Crippen molar-refractivity contribution in [2.45, 2.75) is 11.4 Å². The number of nitrogens with zero attached hydrogens (tertiary/aromatic N) is 2. The van der Waals surface area contributed by atoms with Gasteiger partial charge in [0, 0.05) is 14.1 Å². The van der Waals surface area contributed by atoms with E-state index in [0.29, 0.717) is 11.3 Å². The summed E-state index contributed by atoms with van der Waals surface area (Å²) in [5.74, 6) is 0.211. The molecule has 2 aliphatic rings. The Morgan fingerprint density at radius 1 is 1.07 bits per heavy atom. The Kier molecular flexibility index (Phi) is 4.72. The Hall–Kier alpha value is -3.00. The van der Waals surface area contributed by atoms with Crippen LogP contribution in [0.2, 0.25) is 0 Å². The molecule has 4 rings (SSSR count). The molecule has 2 aliphatic heterocycles. The third-order valence-electron chi connectivity index (χ3n) is 4.91. The van der Waals surface area contributed by atoms with Gasteiger partial charge in [-0.15, -0.1) is 0 Å². The maximum atomic E-state index is 12.3. The van der Waals surface area contributed by atoms with Crippen LogP contribution in [0.15, 0.2) is 48.5 Å². The zero-order valence-electron chi connectivity index (χ0n) is 15.4. The van der Waals surface area contributed by atoms with Crippen LogP contribution < -0.4 is 15.0 Å². The first-order chi connectivity index (χ1) is 13.5. The normalized spacial score (nSPS) is 21.6. The lowest BCUT2D eigenvalue weighted by Crippen LogP contribution is -2.54. The van der Waals surface area contributed by atoms with E-state index in [9.17, 15) is 14.4 Å². The number of hydrogen-bond acceptors (Lipinski definition) is 6. The van der Waals surface area contributed by atoms with Crippen molar-refractivity contribution in [2.24, 2.45) is 0 Å². The van der Waals surface area contributed by atoms with E-state index in [1.165, 1.54) is 7.05 Å². The van der Waals surface area contributed by atoms with Gasteiger partial charge in [-0.05, 0) is 41.6 Å². The van der Waals surface area contributed by atoms with Crippen molar-refractivity contribution in [3.8, 4) is 5.75 Å². The number of imide groups is 1. The molecule has 0 bridgehead atoms. The van der Waals surface area contributed by atoms with Gasteiger partial charge in [0.25, 0.3) is 11.1 Å². The molecule has 2 atom stereocenters. The zero-order chi connectivity index (χ0) is 19.8. The van der Waals surface area contributed by atoms with E-state index in [1.54, 1.807) is 30.3 Å². The van der Waals surface area contributed by atoms with Gasteiger partial charge in [0.1, 0.15) is 23.8 Å². The van der Waals surface area contributed by atoms with Crippen molar-refractivity contribution in [1.29, 1.82) is 0 Å². The number of hydrogen-bond donors (Lipinski definition) is 1. The highest BCUT2D eigenvalue weighted by atomic mass is 32.2. The molecule has 28 heavy (non-hydrogen) atoms. The summed E-state index contributed by atoms with van der Waals surface area (Å²) in [7, 11) is 3.38. The number of benzene rings is 2. The molecule has 1 fully saturated rings. The van der Waals surface area contributed by atoms with Crippen LogP contribution in [-0.2, 0) is 4.79 Å². The van der Waals surface area contributed by atoms with E-state index in [-0.39, 0.29) is 29.8 Å². The van der Waals surface area contributed by atoms with Crippen LogP contribution in [0.25, 0.3) is 0 Å². The second-order valence-corrected chi connectivity index (χ2v) is 7.72. The van der Waals surface area contributed by atoms with Crippen molar-refractivity contribution < 1.29 is 19.1 Å². The quantitative estimate of drug-likeness (QED) is 0.855. The van der Waals surface area contributed by atoms with Crippen LogP contribution >= 0.6 is 11.8 Å². The van der Waals surface area contributed by atoms with Gasteiger partial charge in [-0.1, -0.05) is 24.3 Å². The van der Waals surface area contributed by atoms with Crippen molar-refractivity contribution in [3.63, 3.8) is 0 Å². The molecule has 0 saturated carbocycles. The molecular formula is C20H19N3O4S. The lowest BCUT2D eigenvalue weighted by molar-refractivity contribution is -0.125. The van der Waals surface area contributed by atoms with Crippen molar-refractivity contribution in [2.75, 3.05) is 25.6 Å². The summed E-state index contributed by atoms with van der Waals surface area (Å²) in [5, 5.41) is 2.12. The molecule has 1 saturated heterocycles. The standard InChI is InChI=1S/C20H19N3O4S/c1-22-15-9-4-3-8-14(15)18(24)21-16(22)11-27-13-7-5-6-12(10-13)17-19(25)23(2)20(26)28-17/h3-10,16-17H,11H2,1-2H3,(H,21,24). The summed E-state index contributed by atoms with van der Waals surface area (Å²) in [6, 6.07) is 14.6. The Morgan fingerprint density at radius 2 is 1.86 bits per heavy atom. The van der Waals surface area contributed by atoms with E-state index in [0.717, 1.165) is 27.9 Å². The second kappa shape index (κ2) is 7.20. The van der Waals surface area contributed by atoms with E-state index < -0.39 is 5.25 Å². The number of fused-ring (bicyclic) bond motifs is 1. The fourth-order valence-electron chi connectivity index (χ4n) is 3.27. The van der Waals surface area contributed by atoms with Gasteiger partial charge in [-0.2, -0.15) is 0 Å². The Bertz CT molecular complexity index is 964. The van der Waals surface area contributed by atoms with E-state index in [1.807, 2.05) is 30.1 Å². The highest BCUT2D eigenvalue weighted by Gasteiger charge is 2.38. The lowest BCUT2D eigenvalue weighted by atomic mass is 10.1. The van der Waals surface area contributed by atoms with Crippen molar-refractivity contribution >= 4 is 34.5 Å². The molecule has 0 spiro atoms. The predicted octanol–water partition coefficient (Wildman–Crippen LogP) is 2.64. The maximum absolute atomic E-state index is 12.3. The van der Waals surface area contributed by atoms with Gasteiger partial charge in [-0.25, -0.2) is 0 Å². The zero-order valence-corrected chi connectivity index (χ0v) is 16.2. The molecule has 144 valence electrons. The molecule has 2 aromatic carbocycles. The summed E-state index contributed by atoms with van der Waals surface area (Å²) in [6.07, 6.45) is -0.318. The molecule has 2 unspecified atom stereocenters. The Labute approximate surface area is 166 Å². The van der Waals surface area contributed by atoms with Crippen LogP contribution in [0.1, 0.15) is 21.2 Å². The summed E-state index contributed by atoms with van der Waals surface area (Å²) in [5.41, 5.74) is 2.20. The molecule has 3 amide bonds. The first kappa shape index (κ1) is 18.4. The first-order valence-electron chi connectivity index (χ1n) is 8.79. The maximum Gasteiger partial charge on any atom is 0.289 e. The molecule has 0 aliphatic carbocycles. The molecule has 2 heterocycles. The van der Waals surface area contributed by atoms with E-state index >= 15 is 0 Å². The van der Waals surface area contributed by atoms with Gasteiger partial charge in [0.15, 0.2) is 0 Å². The minimum Gasteiger partial charge on any atom is -0.489 e.